The smallest absolute Gasteiger partial charge is 0.259 e. The summed E-state index contributed by atoms with van der Waals surface area (Å²) < 4.78 is 11.0. The average molecular weight is 361 g/mol. The maximum atomic E-state index is 12.9. The number of aromatic nitrogens is 1. The maximum Gasteiger partial charge on any atom is 0.259 e. The van der Waals surface area contributed by atoms with E-state index in [-0.39, 0.29) is 12.0 Å². The second-order valence-corrected chi connectivity index (χ2v) is 6.36. The fraction of sp³-hybridized carbons (Fsp3) is 0.368. The van der Waals surface area contributed by atoms with Crippen LogP contribution in [0.4, 0.5) is 5.69 Å². The molecule has 1 aliphatic rings. The Labute approximate surface area is 152 Å². The van der Waals surface area contributed by atoms with Gasteiger partial charge in [0.2, 0.25) is 5.88 Å². The molecule has 1 aromatic heterocycles. The summed E-state index contributed by atoms with van der Waals surface area (Å²) in [6.45, 7) is 5.70. The lowest BCUT2D eigenvalue weighted by Gasteiger charge is -2.23. The van der Waals surface area contributed by atoms with Gasteiger partial charge in [0.25, 0.3) is 5.91 Å². The van der Waals surface area contributed by atoms with Crippen LogP contribution in [0.1, 0.15) is 29.3 Å². The molecule has 0 spiro atoms. The highest BCUT2D eigenvalue weighted by Gasteiger charge is 2.22. The Morgan fingerprint density at radius 3 is 2.88 bits per heavy atom. The molecule has 0 N–H and O–H groups in total. The molecular weight excluding hydrogens is 340 g/mol. The monoisotopic (exact) mass is 360 g/mol. The molecule has 6 heteroatoms. The normalized spacial score (nSPS) is 16.7. The Bertz CT molecular complexity index is 760. The molecule has 1 unspecified atom stereocenters. The van der Waals surface area contributed by atoms with Crippen molar-refractivity contribution in [2.24, 2.45) is 0 Å². The summed E-state index contributed by atoms with van der Waals surface area (Å²) in [4.78, 5) is 18.9. The van der Waals surface area contributed by atoms with Gasteiger partial charge in [-0.25, -0.2) is 4.98 Å². The number of carbonyl (C=O) groups excluding carboxylic acids is 1. The zero-order chi connectivity index (χ0) is 17.8. The van der Waals surface area contributed by atoms with Gasteiger partial charge in [-0.05, 0) is 31.5 Å². The van der Waals surface area contributed by atoms with E-state index in [1.165, 1.54) is 6.20 Å². The van der Waals surface area contributed by atoms with Crippen molar-refractivity contribution in [3.05, 3.63) is 52.7 Å². The largest absolute Gasteiger partial charge is 0.471 e. The number of benzene rings is 1. The van der Waals surface area contributed by atoms with E-state index in [4.69, 9.17) is 21.1 Å². The van der Waals surface area contributed by atoms with Crippen LogP contribution in [0.2, 0.25) is 5.02 Å². The second kappa shape index (κ2) is 7.85. The van der Waals surface area contributed by atoms with Gasteiger partial charge in [0.05, 0.1) is 18.8 Å². The fourth-order valence-electron chi connectivity index (χ4n) is 2.84. The molecule has 2 heterocycles. The fourth-order valence-corrected chi connectivity index (χ4v) is 3.05. The number of aryl methyl sites for hydroxylation is 1. The van der Waals surface area contributed by atoms with Crippen LogP contribution in [0, 0.1) is 6.92 Å². The molecule has 1 aromatic carbocycles. The van der Waals surface area contributed by atoms with E-state index < -0.39 is 0 Å². The lowest BCUT2D eigenvalue weighted by Crippen LogP contribution is -2.31. The van der Waals surface area contributed by atoms with Crippen molar-refractivity contribution in [3.63, 3.8) is 0 Å². The van der Waals surface area contributed by atoms with Crippen LogP contribution in [0.25, 0.3) is 0 Å². The summed E-state index contributed by atoms with van der Waals surface area (Å²) in [7, 11) is 0. The highest BCUT2D eigenvalue weighted by molar-refractivity contribution is 6.32. The Morgan fingerprint density at radius 2 is 2.24 bits per heavy atom. The molecule has 3 rings (SSSR count). The minimum Gasteiger partial charge on any atom is -0.471 e. The maximum absolute atomic E-state index is 12.9. The molecule has 0 bridgehead atoms. The first-order valence-electron chi connectivity index (χ1n) is 8.37. The molecule has 1 amide bonds. The van der Waals surface area contributed by atoms with E-state index in [1.807, 2.05) is 38.1 Å². The summed E-state index contributed by atoms with van der Waals surface area (Å²) >= 11 is 6.28. The zero-order valence-corrected chi connectivity index (χ0v) is 15.1. The van der Waals surface area contributed by atoms with Crippen molar-refractivity contribution in [1.29, 1.82) is 0 Å². The Kier molecular flexibility index (Phi) is 5.56. The van der Waals surface area contributed by atoms with E-state index in [9.17, 15) is 4.79 Å². The summed E-state index contributed by atoms with van der Waals surface area (Å²) in [6, 6.07) is 9.40. The van der Waals surface area contributed by atoms with Crippen molar-refractivity contribution < 1.29 is 14.3 Å². The van der Waals surface area contributed by atoms with Gasteiger partial charge >= 0.3 is 0 Å². The number of nitrogens with zero attached hydrogens (tertiary/aromatic N) is 2. The summed E-state index contributed by atoms with van der Waals surface area (Å²) in [5, 5.41) is 0.332. The molecule has 0 radical (unpaired) electrons. The standard InChI is InChI=1S/C19H21ClN2O3/c1-3-22(17-7-5-4-6-13(17)2)19(23)14-10-16(20)18(21-11-14)25-15-8-9-24-12-15/h4-7,10-11,15H,3,8-9,12H2,1-2H3. The van der Waals surface area contributed by atoms with Gasteiger partial charge in [-0.1, -0.05) is 29.8 Å². The molecular formula is C19H21ClN2O3. The Morgan fingerprint density at radius 1 is 1.44 bits per heavy atom. The number of amides is 1. The number of carbonyl (C=O) groups is 1. The highest BCUT2D eigenvalue weighted by Crippen LogP contribution is 2.27. The third-order valence-electron chi connectivity index (χ3n) is 4.19. The molecule has 2 aromatic rings. The molecule has 0 aliphatic carbocycles. The summed E-state index contributed by atoms with van der Waals surface area (Å²) in [5.41, 5.74) is 2.36. The number of pyridine rings is 1. The molecule has 25 heavy (non-hydrogen) atoms. The van der Waals surface area contributed by atoms with Gasteiger partial charge in [0.1, 0.15) is 11.1 Å². The van der Waals surface area contributed by atoms with Gasteiger partial charge in [0, 0.05) is 24.8 Å². The van der Waals surface area contributed by atoms with E-state index in [2.05, 4.69) is 4.98 Å². The van der Waals surface area contributed by atoms with Crippen LogP contribution in [-0.2, 0) is 4.74 Å². The molecule has 1 aliphatic heterocycles. The number of anilines is 1. The quantitative estimate of drug-likeness (QED) is 0.812. The molecule has 5 nitrogen and oxygen atoms in total. The van der Waals surface area contributed by atoms with Gasteiger partial charge in [-0.15, -0.1) is 0 Å². The molecule has 1 saturated heterocycles. The number of ether oxygens (including phenoxy) is 2. The minimum absolute atomic E-state index is 0.0364. The first kappa shape index (κ1) is 17.7. The topological polar surface area (TPSA) is 51.7 Å². The molecule has 0 saturated carbocycles. The Balaban J connectivity index is 1.81. The first-order valence-corrected chi connectivity index (χ1v) is 8.75. The van der Waals surface area contributed by atoms with Crippen molar-refractivity contribution in [3.8, 4) is 5.88 Å². The number of hydrogen-bond acceptors (Lipinski definition) is 4. The third kappa shape index (κ3) is 3.94. The predicted molar refractivity (Wildman–Crippen MR) is 97.6 cm³/mol. The number of rotatable bonds is 5. The number of para-hydroxylation sites is 1. The number of halogens is 1. The lowest BCUT2D eigenvalue weighted by atomic mass is 10.1. The Hall–Kier alpha value is -2.11. The molecule has 1 fully saturated rings. The van der Waals surface area contributed by atoms with Crippen LogP contribution < -0.4 is 9.64 Å². The van der Waals surface area contributed by atoms with E-state index in [0.29, 0.717) is 36.2 Å². The lowest BCUT2D eigenvalue weighted by molar-refractivity contribution is 0.0987. The minimum atomic E-state index is -0.137. The van der Waals surface area contributed by atoms with Crippen LogP contribution >= 0.6 is 11.6 Å². The SMILES string of the molecule is CCN(C(=O)c1cnc(OC2CCOC2)c(Cl)c1)c1ccccc1C. The van der Waals surface area contributed by atoms with Crippen LogP contribution in [0.15, 0.2) is 36.5 Å². The van der Waals surface area contributed by atoms with Gasteiger partial charge in [0.15, 0.2) is 0 Å². The number of hydrogen-bond donors (Lipinski definition) is 0. The second-order valence-electron chi connectivity index (χ2n) is 5.95. The van der Waals surface area contributed by atoms with Crippen molar-refractivity contribution in [2.75, 3.05) is 24.7 Å². The van der Waals surface area contributed by atoms with Crippen molar-refractivity contribution in [2.45, 2.75) is 26.4 Å². The third-order valence-corrected chi connectivity index (χ3v) is 4.46. The van der Waals surface area contributed by atoms with E-state index in [1.54, 1.807) is 11.0 Å². The summed E-state index contributed by atoms with van der Waals surface area (Å²) in [6.07, 6.45) is 2.29. The van der Waals surface area contributed by atoms with Gasteiger partial charge in [-0.3, -0.25) is 4.79 Å². The van der Waals surface area contributed by atoms with Crippen molar-refractivity contribution >= 4 is 23.2 Å². The average Bonchev–Trinajstić information content (AvgIpc) is 3.12. The van der Waals surface area contributed by atoms with Crippen LogP contribution in [0.5, 0.6) is 5.88 Å². The predicted octanol–water partition coefficient (Wildman–Crippen LogP) is 3.88. The van der Waals surface area contributed by atoms with Crippen molar-refractivity contribution in [1.82, 2.24) is 4.98 Å². The van der Waals surface area contributed by atoms with Gasteiger partial charge < -0.3 is 14.4 Å². The van der Waals surface area contributed by atoms with Crippen LogP contribution in [-0.4, -0.2) is 36.8 Å². The molecule has 1 atom stereocenters. The van der Waals surface area contributed by atoms with E-state index >= 15 is 0 Å². The zero-order valence-electron chi connectivity index (χ0n) is 14.4. The molecule has 132 valence electrons. The van der Waals surface area contributed by atoms with Crippen LogP contribution in [0.3, 0.4) is 0 Å². The highest BCUT2D eigenvalue weighted by atomic mass is 35.5. The van der Waals surface area contributed by atoms with Gasteiger partial charge in [-0.2, -0.15) is 0 Å². The summed E-state index contributed by atoms with van der Waals surface area (Å²) in [5.74, 6) is 0.203. The van der Waals surface area contributed by atoms with E-state index in [0.717, 1.165) is 17.7 Å². The first-order chi connectivity index (χ1) is 12.1.